The van der Waals surface area contributed by atoms with Gasteiger partial charge >= 0.3 is 0 Å². The third-order valence-electron chi connectivity index (χ3n) is 1.70. The molecule has 4 heteroatoms. The minimum absolute atomic E-state index is 0.936. The average molecular weight is 179 g/mol. The molecular weight excluding hydrogens is 173 g/mol. The van der Waals surface area contributed by atoms with Crippen molar-refractivity contribution in [3.63, 3.8) is 0 Å². The Labute approximate surface area is 74.7 Å². The Balaban J connectivity index is 3.04. The molecule has 0 saturated carbocycles. The fraction of sp³-hybridized carbons (Fsp3) is 0. The molecule has 0 unspecified atom stereocenters. The molecular formula is C7H6BNS2. The molecule has 1 nitrogen and oxygen atoms in total. The highest BCUT2D eigenvalue weighted by atomic mass is 32.1. The van der Waals surface area contributed by atoms with Gasteiger partial charge in [0.1, 0.15) is 3.95 Å². The number of nitrogens with zero attached hydrogens (tertiary/aromatic N) is 1. The third-order valence-corrected chi connectivity index (χ3v) is 3.24. The van der Waals surface area contributed by atoms with Gasteiger partial charge in [-0.3, -0.25) is 0 Å². The van der Waals surface area contributed by atoms with Crippen molar-refractivity contribution >= 4 is 41.8 Å². The van der Waals surface area contributed by atoms with Crippen molar-refractivity contribution in [3.05, 3.63) is 28.2 Å². The minimum Gasteiger partial charge on any atom is -0.376 e. The largest absolute Gasteiger partial charge is 0.376 e. The van der Waals surface area contributed by atoms with Gasteiger partial charge in [-0.2, -0.15) is 0 Å². The van der Waals surface area contributed by atoms with Crippen LogP contribution in [0.4, 0.5) is 0 Å². The van der Waals surface area contributed by atoms with Gasteiger partial charge in [0.25, 0.3) is 0 Å². The maximum absolute atomic E-state index is 5.14. The zero-order valence-electron chi connectivity index (χ0n) is 6.07. The molecule has 54 valence electrons. The van der Waals surface area contributed by atoms with Crippen molar-refractivity contribution in [2.24, 2.45) is 0 Å². The topological polar surface area (TPSA) is 4.93 Å². The number of benzene rings is 1. The molecule has 0 saturated heterocycles. The SMILES string of the molecule is Bn1c(=S)sc2ccccc21. The molecule has 2 rings (SSSR count). The second-order valence-corrected chi connectivity index (χ2v) is 4.07. The van der Waals surface area contributed by atoms with Gasteiger partial charge in [0.05, 0.1) is 4.70 Å². The van der Waals surface area contributed by atoms with E-state index in [1.807, 2.05) is 24.6 Å². The fourth-order valence-corrected chi connectivity index (χ4v) is 2.33. The van der Waals surface area contributed by atoms with Crippen LogP contribution in [-0.2, 0) is 0 Å². The van der Waals surface area contributed by atoms with Crippen LogP contribution >= 0.6 is 23.6 Å². The minimum atomic E-state index is 0.936. The highest BCUT2D eigenvalue weighted by Crippen LogP contribution is 2.20. The number of fused-ring (bicyclic) bond motifs is 1. The highest BCUT2D eigenvalue weighted by molar-refractivity contribution is 7.73. The zero-order valence-corrected chi connectivity index (χ0v) is 7.71. The summed E-state index contributed by atoms with van der Waals surface area (Å²) in [4.78, 5) is 0. The quantitative estimate of drug-likeness (QED) is 0.441. The normalized spacial score (nSPS) is 10.5. The van der Waals surface area contributed by atoms with Crippen molar-refractivity contribution in [1.82, 2.24) is 4.48 Å². The first-order valence-corrected chi connectivity index (χ1v) is 4.56. The summed E-state index contributed by atoms with van der Waals surface area (Å²) in [6.45, 7) is 0. The molecule has 0 aliphatic heterocycles. The number of aromatic nitrogens is 1. The second kappa shape index (κ2) is 2.46. The Kier molecular flexibility index (Phi) is 1.58. The van der Waals surface area contributed by atoms with Crippen LogP contribution in [0, 0.1) is 3.95 Å². The van der Waals surface area contributed by atoms with Crippen molar-refractivity contribution in [2.75, 3.05) is 0 Å². The van der Waals surface area contributed by atoms with E-state index in [0.29, 0.717) is 0 Å². The molecule has 1 aromatic carbocycles. The Hall–Kier alpha value is -0.605. The van der Waals surface area contributed by atoms with Gasteiger partial charge < -0.3 is 4.48 Å². The fourth-order valence-electron chi connectivity index (χ4n) is 1.08. The highest BCUT2D eigenvalue weighted by Gasteiger charge is 1.97. The predicted molar refractivity (Wildman–Crippen MR) is 54.6 cm³/mol. The molecule has 0 radical (unpaired) electrons. The first-order chi connectivity index (χ1) is 5.29. The number of rotatable bonds is 0. The van der Waals surface area contributed by atoms with E-state index >= 15 is 0 Å². The van der Waals surface area contributed by atoms with Gasteiger partial charge in [-0.25, -0.2) is 0 Å². The van der Waals surface area contributed by atoms with E-state index in [9.17, 15) is 0 Å². The summed E-state index contributed by atoms with van der Waals surface area (Å²) in [5, 5.41) is 0. The lowest BCUT2D eigenvalue weighted by Crippen LogP contribution is -1.88. The summed E-state index contributed by atoms with van der Waals surface area (Å²) < 4.78 is 4.24. The van der Waals surface area contributed by atoms with E-state index in [0.717, 1.165) is 3.95 Å². The predicted octanol–water partition coefficient (Wildman–Crippen LogP) is 1.83. The summed E-state index contributed by atoms with van der Waals surface area (Å²) in [5.41, 5.74) is 1.22. The Morgan fingerprint density at radius 1 is 1.36 bits per heavy atom. The van der Waals surface area contributed by atoms with E-state index in [-0.39, 0.29) is 0 Å². The van der Waals surface area contributed by atoms with Crippen LogP contribution < -0.4 is 0 Å². The number of hydrogen-bond donors (Lipinski definition) is 0. The van der Waals surface area contributed by atoms with E-state index in [4.69, 9.17) is 12.2 Å². The van der Waals surface area contributed by atoms with Gasteiger partial charge in [-0.05, 0) is 24.4 Å². The Morgan fingerprint density at radius 2 is 2.09 bits per heavy atom. The standard InChI is InChI=1S/C7H6BNS2/c8-9-5-3-1-2-4-6(5)11-7(9)10/h1-4H,8H2. The second-order valence-electron chi connectivity index (χ2n) is 2.39. The number of para-hydroxylation sites is 1. The monoisotopic (exact) mass is 179 g/mol. The van der Waals surface area contributed by atoms with Crippen LogP contribution in [0.2, 0.25) is 0 Å². The van der Waals surface area contributed by atoms with Crippen molar-refractivity contribution < 1.29 is 0 Å². The maximum atomic E-state index is 5.14. The lowest BCUT2D eigenvalue weighted by atomic mass is 10.3. The van der Waals surface area contributed by atoms with Crippen LogP contribution in [0.25, 0.3) is 10.2 Å². The van der Waals surface area contributed by atoms with Crippen LogP contribution in [0.5, 0.6) is 0 Å². The lowest BCUT2D eigenvalue weighted by Gasteiger charge is -1.91. The van der Waals surface area contributed by atoms with Gasteiger partial charge in [-0.1, -0.05) is 12.1 Å². The van der Waals surface area contributed by atoms with E-state index < -0.39 is 0 Å². The number of thiazole rings is 1. The first-order valence-electron chi connectivity index (χ1n) is 3.33. The molecule has 11 heavy (non-hydrogen) atoms. The van der Waals surface area contributed by atoms with E-state index in [1.165, 1.54) is 10.2 Å². The van der Waals surface area contributed by atoms with Crippen LogP contribution in [0.3, 0.4) is 0 Å². The summed E-state index contributed by atoms with van der Waals surface area (Å²) in [6.07, 6.45) is 0. The van der Waals surface area contributed by atoms with Crippen LogP contribution in [-0.4, -0.2) is 12.5 Å². The first kappa shape index (κ1) is 7.07. The van der Waals surface area contributed by atoms with Gasteiger partial charge in [0.15, 0.2) is 0 Å². The van der Waals surface area contributed by atoms with E-state index in [1.54, 1.807) is 11.3 Å². The zero-order chi connectivity index (χ0) is 7.84. The van der Waals surface area contributed by atoms with Gasteiger partial charge in [-0.15, -0.1) is 11.3 Å². The summed E-state index contributed by atoms with van der Waals surface area (Å²) in [5.74, 6) is 0. The summed E-state index contributed by atoms with van der Waals surface area (Å²) in [7, 11) is 2.00. The lowest BCUT2D eigenvalue weighted by molar-refractivity contribution is 1.32. The summed E-state index contributed by atoms with van der Waals surface area (Å²) >= 11 is 6.79. The Bertz CT molecular complexity index is 443. The van der Waals surface area contributed by atoms with Crippen LogP contribution in [0.15, 0.2) is 24.3 Å². The summed E-state index contributed by atoms with van der Waals surface area (Å²) in [6, 6.07) is 8.24. The molecule has 0 fully saturated rings. The molecule has 2 aromatic rings. The van der Waals surface area contributed by atoms with E-state index in [2.05, 4.69) is 12.1 Å². The number of hydrogen-bond acceptors (Lipinski definition) is 2. The molecule has 0 atom stereocenters. The maximum Gasteiger partial charge on any atom is 0.225 e. The Morgan fingerprint density at radius 3 is 2.82 bits per heavy atom. The smallest absolute Gasteiger partial charge is 0.225 e. The molecule has 0 bridgehead atoms. The molecule has 0 aliphatic rings. The molecule has 0 spiro atoms. The van der Waals surface area contributed by atoms with Gasteiger partial charge in [0, 0.05) is 5.52 Å². The molecule has 0 aliphatic carbocycles. The molecule has 1 heterocycles. The molecule has 0 N–H and O–H groups in total. The average Bonchev–Trinajstić information content (AvgIpc) is 2.30. The molecule has 0 amide bonds. The molecule has 1 aromatic heterocycles. The van der Waals surface area contributed by atoms with Crippen LogP contribution in [0.1, 0.15) is 0 Å². The van der Waals surface area contributed by atoms with Crippen molar-refractivity contribution in [2.45, 2.75) is 0 Å². The van der Waals surface area contributed by atoms with Crippen molar-refractivity contribution in [1.29, 1.82) is 0 Å². The van der Waals surface area contributed by atoms with Crippen molar-refractivity contribution in [3.8, 4) is 0 Å². The van der Waals surface area contributed by atoms with Gasteiger partial charge in [0.2, 0.25) is 7.98 Å². The third kappa shape index (κ3) is 1.02.